The molecule has 1 atom stereocenters. The number of anilines is 1. The Labute approximate surface area is 164 Å². The van der Waals surface area contributed by atoms with Crippen LogP contribution in [0.2, 0.25) is 0 Å². The minimum atomic E-state index is -0.130. The number of fused-ring (bicyclic) bond motifs is 1. The number of carbonyl (C=O) groups excluding carboxylic acids is 1. The fourth-order valence-corrected chi connectivity index (χ4v) is 3.79. The Balaban J connectivity index is 1.48. The molecule has 0 aliphatic carbocycles. The number of nitrogens with one attached hydrogen (secondary N) is 1. The first-order chi connectivity index (χ1) is 13.7. The van der Waals surface area contributed by atoms with Crippen molar-refractivity contribution in [3.8, 4) is 0 Å². The van der Waals surface area contributed by atoms with Crippen LogP contribution in [0.5, 0.6) is 0 Å². The quantitative estimate of drug-likeness (QED) is 0.711. The number of hydrogen-bond acceptors (Lipinski definition) is 5. The zero-order chi connectivity index (χ0) is 19.5. The Hall–Kier alpha value is -2.93. The summed E-state index contributed by atoms with van der Waals surface area (Å²) in [6.07, 6.45) is 5.55. The summed E-state index contributed by atoms with van der Waals surface area (Å²) in [5, 5.41) is 4.06. The molecule has 1 aromatic carbocycles. The third-order valence-electron chi connectivity index (χ3n) is 5.22. The maximum Gasteiger partial charge on any atom is 0.269 e. The molecule has 3 aromatic rings. The van der Waals surface area contributed by atoms with Gasteiger partial charge in [0.25, 0.3) is 5.91 Å². The Bertz CT molecular complexity index is 982. The van der Waals surface area contributed by atoms with Crippen LogP contribution in [0.4, 0.5) is 5.95 Å². The second kappa shape index (κ2) is 7.98. The summed E-state index contributed by atoms with van der Waals surface area (Å²) in [7, 11) is 0. The monoisotopic (exact) mass is 378 g/mol. The third kappa shape index (κ3) is 3.71. The van der Waals surface area contributed by atoms with Crippen molar-refractivity contribution >= 4 is 22.8 Å². The molecule has 3 N–H and O–H groups in total. The molecule has 0 radical (unpaired) electrons. The van der Waals surface area contributed by atoms with Gasteiger partial charge in [0.05, 0.1) is 11.7 Å². The minimum absolute atomic E-state index is 0.130. The summed E-state index contributed by atoms with van der Waals surface area (Å²) in [6.45, 7) is 4.84. The number of piperidine rings is 1. The van der Waals surface area contributed by atoms with Gasteiger partial charge in [0, 0.05) is 43.8 Å². The topological polar surface area (TPSA) is 89.1 Å². The molecule has 1 amide bonds. The summed E-state index contributed by atoms with van der Waals surface area (Å²) in [5.74, 6) is 0.699. The highest BCUT2D eigenvalue weighted by molar-refractivity contribution is 5.93. The summed E-state index contributed by atoms with van der Waals surface area (Å²) >= 11 is 0. The third-order valence-corrected chi connectivity index (χ3v) is 5.22. The van der Waals surface area contributed by atoms with E-state index in [0.717, 1.165) is 48.3 Å². The molecular weight excluding hydrogens is 352 g/mol. The standard InChI is InChI=1S/C21H26N6O/c1-2-27-19(13-25-21(27)26-9-5-7-17(22)14-26)20(28)24-12-15-10-16-6-3-4-8-18(16)23-11-15/h3-4,6,8,10-11,13,17H,2,5,7,9,12,14,22H2,1H3,(H,24,28). The molecular formula is C21H26N6O. The normalized spacial score (nSPS) is 17.1. The Morgan fingerprint density at radius 3 is 2.96 bits per heavy atom. The zero-order valence-corrected chi connectivity index (χ0v) is 16.1. The molecule has 1 unspecified atom stereocenters. The smallest absolute Gasteiger partial charge is 0.269 e. The number of pyridine rings is 1. The maximum absolute atomic E-state index is 12.8. The van der Waals surface area contributed by atoms with Crippen LogP contribution in [-0.2, 0) is 13.1 Å². The summed E-state index contributed by atoms with van der Waals surface area (Å²) in [4.78, 5) is 23.9. The van der Waals surface area contributed by atoms with E-state index >= 15 is 0 Å². The molecule has 3 heterocycles. The van der Waals surface area contributed by atoms with E-state index in [2.05, 4.69) is 26.3 Å². The van der Waals surface area contributed by atoms with Crippen molar-refractivity contribution in [1.29, 1.82) is 0 Å². The fourth-order valence-electron chi connectivity index (χ4n) is 3.79. The molecule has 1 fully saturated rings. The van der Waals surface area contributed by atoms with Crippen LogP contribution >= 0.6 is 0 Å². The Morgan fingerprint density at radius 1 is 1.29 bits per heavy atom. The van der Waals surface area contributed by atoms with Crippen LogP contribution in [-0.4, -0.2) is 39.6 Å². The number of nitrogens with zero attached hydrogens (tertiary/aromatic N) is 4. The number of nitrogens with two attached hydrogens (primary N) is 1. The summed E-state index contributed by atoms with van der Waals surface area (Å²) < 4.78 is 1.96. The number of amides is 1. The molecule has 1 saturated heterocycles. The van der Waals surface area contributed by atoms with E-state index in [-0.39, 0.29) is 11.9 Å². The predicted octanol–water partition coefficient (Wildman–Crippen LogP) is 2.31. The molecule has 146 valence electrons. The molecule has 2 aromatic heterocycles. The van der Waals surface area contributed by atoms with E-state index in [9.17, 15) is 4.79 Å². The van der Waals surface area contributed by atoms with Gasteiger partial charge in [-0.15, -0.1) is 0 Å². The minimum Gasteiger partial charge on any atom is -0.347 e. The average Bonchev–Trinajstić information content (AvgIpc) is 3.16. The lowest BCUT2D eigenvalue weighted by molar-refractivity contribution is 0.0941. The van der Waals surface area contributed by atoms with Gasteiger partial charge in [-0.25, -0.2) is 4.98 Å². The molecule has 0 bridgehead atoms. The molecule has 7 heteroatoms. The van der Waals surface area contributed by atoms with Crippen LogP contribution in [0.25, 0.3) is 10.9 Å². The van der Waals surface area contributed by atoms with E-state index in [1.165, 1.54) is 0 Å². The second-order valence-corrected chi connectivity index (χ2v) is 7.25. The first-order valence-electron chi connectivity index (χ1n) is 9.83. The summed E-state index contributed by atoms with van der Waals surface area (Å²) in [5.41, 5.74) is 8.60. The lowest BCUT2D eigenvalue weighted by Gasteiger charge is -2.32. The van der Waals surface area contributed by atoms with Gasteiger partial charge in [-0.05, 0) is 37.5 Å². The highest BCUT2D eigenvalue weighted by Crippen LogP contribution is 2.20. The van der Waals surface area contributed by atoms with Crippen molar-refractivity contribution in [2.75, 3.05) is 18.0 Å². The SMILES string of the molecule is CCn1c(C(=O)NCc2cnc3ccccc3c2)cnc1N1CCCC(N)C1. The van der Waals surface area contributed by atoms with Crippen molar-refractivity contribution in [3.63, 3.8) is 0 Å². The Kier molecular flexibility index (Phi) is 5.25. The van der Waals surface area contributed by atoms with E-state index in [1.807, 2.05) is 35.8 Å². The highest BCUT2D eigenvalue weighted by Gasteiger charge is 2.23. The van der Waals surface area contributed by atoms with Crippen LogP contribution in [0.3, 0.4) is 0 Å². The molecule has 28 heavy (non-hydrogen) atoms. The predicted molar refractivity (Wildman–Crippen MR) is 110 cm³/mol. The van der Waals surface area contributed by atoms with Crippen molar-refractivity contribution < 1.29 is 4.79 Å². The van der Waals surface area contributed by atoms with Crippen molar-refractivity contribution in [2.45, 2.75) is 38.9 Å². The lowest BCUT2D eigenvalue weighted by atomic mass is 10.1. The van der Waals surface area contributed by atoms with Gasteiger partial charge in [-0.2, -0.15) is 0 Å². The Morgan fingerprint density at radius 2 is 2.14 bits per heavy atom. The second-order valence-electron chi connectivity index (χ2n) is 7.25. The van der Waals surface area contributed by atoms with Crippen LogP contribution in [0, 0.1) is 0 Å². The molecule has 4 rings (SSSR count). The number of carbonyl (C=O) groups is 1. The van der Waals surface area contributed by atoms with Crippen molar-refractivity contribution in [1.82, 2.24) is 19.9 Å². The lowest BCUT2D eigenvalue weighted by Crippen LogP contribution is -2.44. The highest BCUT2D eigenvalue weighted by atomic mass is 16.2. The number of para-hydroxylation sites is 1. The van der Waals surface area contributed by atoms with E-state index in [0.29, 0.717) is 18.8 Å². The largest absolute Gasteiger partial charge is 0.347 e. The van der Waals surface area contributed by atoms with Crippen molar-refractivity contribution in [2.24, 2.45) is 5.73 Å². The number of aromatic nitrogens is 3. The number of imidazole rings is 1. The van der Waals surface area contributed by atoms with Crippen LogP contribution in [0.1, 0.15) is 35.8 Å². The van der Waals surface area contributed by atoms with Gasteiger partial charge in [-0.3, -0.25) is 9.78 Å². The number of rotatable bonds is 5. The van der Waals surface area contributed by atoms with Gasteiger partial charge in [0.2, 0.25) is 5.95 Å². The molecule has 0 saturated carbocycles. The van der Waals surface area contributed by atoms with Gasteiger partial charge >= 0.3 is 0 Å². The average molecular weight is 378 g/mol. The van der Waals surface area contributed by atoms with Gasteiger partial charge in [0.1, 0.15) is 5.69 Å². The van der Waals surface area contributed by atoms with E-state index in [1.54, 1.807) is 12.4 Å². The van der Waals surface area contributed by atoms with Crippen LogP contribution < -0.4 is 16.0 Å². The van der Waals surface area contributed by atoms with Gasteiger partial charge in [0.15, 0.2) is 0 Å². The van der Waals surface area contributed by atoms with Crippen molar-refractivity contribution in [3.05, 3.63) is 54.0 Å². The molecule has 1 aliphatic rings. The van der Waals surface area contributed by atoms with Crippen LogP contribution in [0.15, 0.2) is 42.7 Å². The maximum atomic E-state index is 12.8. The summed E-state index contributed by atoms with van der Waals surface area (Å²) in [6, 6.07) is 10.2. The first-order valence-corrected chi connectivity index (χ1v) is 9.83. The van der Waals surface area contributed by atoms with E-state index < -0.39 is 0 Å². The molecule has 7 nitrogen and oxygen atoms in total. The molecule has 0 spiro atoms. The molecule has 1 aliphatic heterocycles. The first kappa shape index (κ1) is 18.4. The van der Waals surface area contributed by atoms with Gasteiger partial charge in [-0.1, -0.05) is 18.2 Å². The van der Waals surface area contributed by atoms with E-state index in [4.69, 9.17) is 5.73 Å². The fraction of sp³-hybridized carbons (Fsp3) is 0.381. The van der Waals surface area contributed by atoms with Gasteiger partial charge < -0.3 is 20.5 Å². The number of benzene rings is 1. The zero-order valence-electron chi connectivity index (χ0n) is 16.1. The number of hydrogen-bond donors (Lipinski definition) is 2.